The predicted molar refractivity (Wildman–Crippen MR) is 110 cm³/mol. The van der Waals surface area contributed by atoms with Crippen LogP contribution >= 0.6 is 0 Å². The zero-order valence-corrected chi connectivity index (χ0v) is 16.5. The molecule has 0 aliphatic carbocycles. The first-order valence-corrected chi connectivity index (χ1v) is 9.02. The molecule has 1 aromatic heterocycles. The van der Waals surface area contributed by atoms with Gasteiger partial charge in [0.15, 0.2) is 0 Å². The number of rotatable bonds is 6. The Hall–Kier alpha value is -3.41. The summed E-state index contributed by atoms with van der Waals surface area (Å²) in [6, 6.07) is 14.7. The van der Waals surface area contributed by atoms with E-state index in [2.05, 4.69) is 61.7 Å². The Labute approximate surface area is 164 Å². The molecule has 0 amide bonds. The number of benzene rings is 2. The molecule has 0 unspecified atom stereocenters. The molecule has 0 aliphatic rings. The summed E-state index contributed by atoms with van der Waals surface area (Å²) in [6.07, 6.45) is 1.68. The number of oxime groups is 1. The van der Waals surface area contributed by atoms with Gasteiger partial charge in [-0.15, -0.1) is 0 Å². The molecule has 3 aromatic rings. The standard InChI is InChI=1S/C22H23N3O3/c1-15-7-5-10-22(17(15)3)24-16(2)11-20(18(24)4)13-23-28-14-19-8-6-9-21(12-19)25(26)27/h5-13H,14H2,1-4H3/b23-13-. The van der Waals surface area contributed by atoms with Crippen molar-refractivity contribution >= 4 is 11.9 Å². The van der Waals surface area contributed by atoms with Crippen LogP contribution in [-0.4, -0.2) is 15.7 Å². The zero-order valence-electron chi connectivity index (χ0n) is 16.5. The Morgan fingerprint density at radius 1 is 1.11 bits per heavy atom. The van der Waals surface area contributed by atoms with Crippen molar-refractivity contribution in [2.45, 2.75) is 34.3 Å². The van der Waals surface area contributed by atoms with E-state index in [1.165, 1.54) is 23.3 Å². The van der Waals surface area contributed by atoms with Crippen LogP contribution in [0.15, 0.2) is 53.7 Å². The Bertz CT molecular complexity index is 1050. The third kappa shape index (κ3) is 3.96. The minimum atomic E-state index is -0.422. The van der Waals surface area contributed by atoms with Crippen molar-refractivity contribution in [3.63, 3.8) is 0 Å². The summed E-state index contributed by atoms with van der Waals surface area (Å²) in [5, 5.41) is 14.9. The third-order valence-electron chi connectivity index (χ3n) is 4.91. The van der Waals surface area contributed by atoms with Crippen molar-refractivity contribution in [2.75, 3.05) is 0 Å². The molecule has 0 saturated heterocycles. The van der Waals surface area contributed by atoms with Crippen LogP contribution in [0.25, 0.3) is 5.69 Å². The summed E-state index contributed by atoms with van der Waals surface area (Å²) in [6.45, 7) is 8.53. The highest BCUT2D eigenvalue weighted by Crippen LogP contribution is 2.24. The molecule has 6 nitrogen and oxygen atoms in total. The molecule has 28 heavy (non-hydrogen) atoms. The summed E-state index contributed by atoms with van der Waals surface area (Å²) >= 11 is 0. The third-order valence-corrected chi connectivity index (χ3v) is 4.91. The van der Waals surface area contributed by atoms with E-state index in [9.17, 15) is 10.1 Å². The van der Waals surface area contributed by atoms with Crippen molar-refractivity contribution in [3.05, 3.63) is 92.3 Å². The van der Waals surface area contributed by atoms with E-state index in [4.69, 9.17) is 4.84 Å². The molecule has 0 spiro atoms. The lowest BCUT2D eigenvalue weighted by atomic mass is 10.1. The first kappa shape index (κ1) is 19.4. The molecule has 144 valence electrons. The van der Waals surface area contributed by atoms with E-state index in [0.29, 0.717) is 5.56 Å². The molecular weight excluding hydrogens is 354 g/mol. The lowest BCUT2D eigenvalue weighted by molar-refractivity contribution is -0.384. The van der Waals surface area contributed by atoms with Gasteiger partial charge in [0.2, 0.25) is 0 Å². The van der Waals surface area contributed by atoms with Crippen molar-refractivity contribution < 1.29 is 9.76 Å². The molecule has 3 rings (SSSR count). The van der Waals surface area contributed by atoms with Crippen LogP contribution in [0.5, 0.6) is 0 Å². The van der Waals surface area contributed by atoms with Gasteiger partial charge in [0.05, 0.1) is 11.1 Å². The van der Waals surface area contributed by atoms with E-state index >= 15 is 0 Å². The fourth-order valence-electron chi connectivity index (χ4n) is 3.23. The quantitative estimate of drug-likeness (QED) is 0.338. The van der Waals surface area contributed by atoms with Crippen molar-refractivity contribution in [1.29, 1.82) is 0 Å². The topological polar surface area (TPSA) is 69.7 Å². The van der Waals surface area contributed by atoms with E-state index in [0.717, 1.165) is 22.6 Å². The van der Waals surface area contributed by atoms with Gasteiger partial charge in [0.1, 0.15) is 6.61 Å². The number of non-ortho nitro benzene ring substituents is 1. The second kappa shape index (κ2) is 8.08. The van der Waals surface area contributed by atoms with Gasteiger partial charge in [-0.25, -0.2) is 0 Å². The summed E-state index contributed by atoms with van der Waals surface area (Å²) in [5.41, 5.74) is 7.56. The van der Waals surface area contributed by atoms with Crippen LogP contribution in [0.2, 0.25) is 0 Å². The number of hydrogen-bond donors (Lipinski definition) is 0. The SMILES string of the molecule is Cc1cccc(-n2c(C)cc(/C=N\OCc3cccc([N+](=O)[O-])c3)c2C)c1C. The van der Waals surface area contributed by atoms with Gasteiger partial charge >= 0.3 is 0 Å². The first-order chi connectivity index (χ1) is 13.4. The second-order valence-corrected chi connectivity index (χ2v) is 6.82. The maximum atomic E-state index is 10.8. The fourth-order valence-corrected chi connectivity index (χ4v) is 3.23. The highest BCUT2D eigenvalue weighted by molar-refractivity contribution is 5.81. The molecule has 0 aliphatic heterocycles. The van der Waals surface area contributed by atoms with E-state index in [1.807, 2.05) is 0 Å². The maximum Gasteiger partial charge on any atom is 0.269 e. The highest BCUT2D eigenvalue weighted by Gasteiger charge is 2.12. The minimum absolute atomic E-state index is 0.0437. The number of hydrogen-bond acceptors (Lipinski definition) is 4. The summed E-state index contributed by atoms with van der Waals surface area (Å²) in [5.74, 6) is 0. The van der Waals surface area contributed by atoms with Gasteiger partial charge in [-0.1, -0.05) is 29.4 Å². The monoisotopic (exact) mass is 377 g/mol. The summed E-state index contributed by atoms with van der Waals surface area (Å²) in [4.78, 5) is 15.8. The van der Waals surface area contributed by atoms with Crippen molar-refractivity contribution in [3.8, 4) is 5.69 Å². The summed E-state index contributed by atoms with van der Waals surface area (Å²) < 4.78 is 2.21. The summed E-state index contributed by atoms with van der Waals surface area (Å²) in [7, 11) is 0. The van der Waals surface area contributed by atoms with Gasteiger partial charge in [0, 0.05) is 34.8 Å². The normalized spacial score (nSPS) is 11.1. The Kier molecular flexibility index (Phi) is 5.59. The number of nitrogens with zero attached hydrogens (tertiary/aromatic N) is 3. The van der Waals surface area contributed by atoms with Gasteiger partial charge in [-0.2, -0.15) is 0 Å². The molecule has 1 heterocycles. The van der Waals surface area contributed by atoms with Crippen molar-refractivity contribution in [2.24, 2.45) is 5.16 Å². The highest BCUT2D eigenvalue weighted by atomic mass is 16.6. The molecular formula is C22H23N3O3. The molecule has 6 heteroatoms. The van der Waals surface area contributed by atoms with Crippen LogP contribution in [0, 0.1) is 37.8 Å². The Morgan fingerprint density at radius 2 is 1.86 bits per heavy atom. The largest absolute Gasteiger partial charge is 0.391 e. The van der Waals surface area contributed by atoms with E-state index in [-0.39, 0.29) is 12.3 Å². The molecule has 0 bridgehead atoms. The average Bonchev–Trinajstić information content (AvgIpc) is 2.95. The van der Waals surface area contributed by atoms with Crippen LogP contribution in [0.4, 0.5) is 5.69 Å². The van der Waals surface area contributed by atoms with Crippen LogP contribution in [-0.2, 0) is 11.4 Å². The van der Waals surface area contributed by atoms with E-state index in [1.54, 1.807) is 18.3 Å². The van der Waals surface area contributed by atoms with Gasteiger partial charge in [-0.05, 0) is 56.5 Å². The molecule has 0 N–H and O–H groups in total. The van der Waals surface area contributed by atoms with Crippen LogP contribution in [0.3, 0.4) is 0 Å². The number of aryl methyl sites for hydroxylation is 2. The fraction of sp³-hybridized carbons (Fsp3) is 0.227. The Balaban J connectivity index is 1.76. The van der Waals surface area contributed by atoms with Gasteiger partial charge in [-0.3, -0.25) is 10.1 Å². The van der Waals surface area contributed by atoms with Gasteiger partial charge in [0.25, 0.3) is 5.69 Å². The Morgan fingerprint density at radius 3 is 2.61 bits per heavy atom. The zero-order chi connectivity index (χ0) is 20.3. The number of aromatic nitrogens is 1. The van der Waals surface area contributed by atoms with E-state index < -0.39 is 4.92 Å². The lowest BCUT2D eigenvalue weighted by Gasteiger charge is -2.14. The smallest absolute Gasteiger partial charge is 0.269 e. The first-order valence-electron chi connectivity index (χ1n) is 9.02. The molecule has 0 radical (unpaired) electrons. The molecule has 0 atom stereocenters. The lowest BCUT2D eigenvalue weighted by Crippen LogP contribution is -2.03. The second-order valence-electron chi connectivity index (χ2n) is 6.82. The molecule has 0 saturated carbocycles. The molecule has 0 fully saturated rings. The van der Waals surface area contributed by atoms with Crippen LogP contribution in [0.1, 0.15) is 33.6 Å². The number of nitro groups is 1. The van der Waals surface area contributed by atoms with Crippen LogP contribution < -0.4 is 0 Å². The molecule has 2 aromatic carbocycles. The maximum absolute atomic E-state index is 10.8. The average molecular weight is 377 g/mol. The van der Waals surface area contributed by atoms with Crippen molar-refractivity contribution in [1.82, 2.24) is 4.57 Å². The van der Waals surface area contributed by atoms with Gasteiger partial charge < -0.3 is 9.40 Å². The predicted octanol–water partition coefficient (Wildman–Crippen LogP) is 5.17. The minimum Gasteiger partial charge on any atom is -0.391 e. The number of nitro benzene ring substituents is 1.